The molecule has 3 nitrogen and oxygen atoms in total. The Kier molecular flexibility index (Phi) is 6.79. The Labute approximate surface area is 115 Å². The molecule has 0 saturated carbocycles. The largest absolute Gasteiger partial charge is 0.392 e. The zero-order valence-electron chi connectivity index (χ0n) is 12.0. The van der Waals surface area contributed by atoms with Gasteiger partial charge in [0.2, 0.25) is 0 Å². The Morgan fingerprint density at radius 2 is 2.06 bits per heavy atom. The Morgan fingerprint density at radius 3 is 2.61 bits per heavy atom. The maximum Gasteiger partial charge on any atom is 0.0685 e. The van der Waals surface area contributed by atoms with Crippen molar-refractivity contribution in [1.82, 2.24) is 9.78 Å². The van der Waals surface area contributed by atoms with Crippen LogP contribution in [0.3, 0.4) is 0 Å². The van der Waals surface area contributed by atoms with Gasteiger partial charge in [-0.05, 0) is 31.1 Å². The van der Waals surface area contributed by atoms with Crippen molar-refractivity contribution in [2.45, 2.75) is 53.2 Å². The average Bonchev–Trinajstić information content (AvgIpc) is 2.70. The molecule has 0 saturated heterocycles. The quantitative estimate of drug-likeness (QED) is 0.789. The maximum absolute atomic E-state index is 10.1. The summed E-state index contributed by atoms with van der Waals surface area (Å²) in [5.74, 6) is 2.62. The van der Waals surface area contributed by atoms with Crippen molar-refractivity contribution in [3.8, 4) is 0 Å². The minimum Gasteiger partial charge on any atom is -0.392 e. The van der Waals surface area contributed by atoms with Crippen molar-refractivity contribution < 1.29 is 5.11 Å². The standard InChI is InChI=1S/C14H26N2OS/c1-5-12-7-13(16(6-2)15-12)8-14(17)10-18-9-11(3)4/h7,11,14,17H,5-6,8-10H2,1-4H3. The van der Waals surface area contributed by atoms with Gasteiger partial charge < -0.3 is 5.11 Å². The van der Waals surface area contributed by atoms with Gasteiger partial charge in [-0.1, -0.05) is 20.8 Å². The fraction of sp³-hybridized carbons (Fsp3) is 0.786. The van der Waals surface area contributed by atoms with E-state index in [1.165, 1.54) is 0 Å². The molecule has 0 spiro atoms. The van der Waals surface area contributed by atoms with Gasteiger partial charge in [-0.3, -0.25) is 4.68 Å². The third kappa shape index (κ3) is 5.02. The lowest BCUT2D eigenvalue weighted by Gasteiger charge is -2.12. The number of thioether (sulfide) groups is 1. The second kappa shape index (κ2) is 7.85. The molecule has 0 bridgehead atoms. The van der Waals surface area contributed by atoms with Gasteiger partial charge >= 0.3 is 0 Å². The van der Waals surface area contributed by atoms with Crippen LogP contribution in [0, 0.1) is 5.92 Å². The summed E-state index contributed by atoms with van der Waals surface area (Å²) >= 11 is 1.84. The molecular weight excluding hydrogens is 244 g/mol. The van der Waals surface area contributed by atoms with E-state index in [1.54, 1.807) is 0 Å². The summed E-state index contributed by atoms with van der Waals surface area (Å²) in [5, 5.41) is 14.6. The third-order valence-corrected chi connectivity index (χ3v) is 4.30. The fourth-order valence-electron chi connectivity index (χ4n) is 1.87. The van der Waals surface area contributed by atoms with Gasteiger partial charge in [-0.2, -0.15) is 16.9 Å². The summed E-state index contributed by atoms with van der Waals surface area (Å²) in [6.07, 6.45) is 1.41. The van der Waals surface area contributed by atoms with E-state index >= 15 is 0 Å². The van der Waals surface area contributed by atoms with E-state index < -0.39 is 0 Å². The molecular formula is C14H26N2OS. The molecule has 1 N–H and O–H groups in total. The third-order valence-electron chi connectivity index (χ3n) is 2.78. The normalized spacial score (nSPS) is 13.2. The monoisotopic (exact) mass is 270 g/mol. The summed E-state index contributed by atoms with van der Waals surface area (Å²) in [7, 11) is 0. The van der Waals surface area contributed by atoms with Crippen molar-refractivity contribution in [3.05, 3.63) is 17.5 Å². The molecule has 0 aliphatic carbocycles. The lowest BCUT2D eigenvalue weighted by atomic mass is 10.2. The van der Waals surface area contributed by atoms with Crippen LogP contribution in [0.2, 0.25) is 0 Å². The number of aliphatic hydroxyl groups is 1. The molecule has 18 heavy (non-hydrogen) atoms. The van der Waals surface area contributed by atoms with Gasteiger partial charge in [-0.15, -0.1) is 0 Å². The summed E-state index contributed by atoms with van der Waals surface area (Å²) in [5.41, 5.74) is 2.28. The van der Waals surface area contributed by atoms with Gasteiger partial charge in [0.05, 0.1) is 11.8 Å². The number of nitrogens with zero attached hydrogens (tertiary/aromatic N) is 2. The smallest absolute Gasteiger partial charge is 0.0685 e. The zero-order valence-corrected chi connectivity index (χ0v) is 12.8. The minimum absolute atomic E-state index is 0.263. The number of aryl methyl sites for hydroxylation is 2. The number of aromatic nitrogens is 2. The Balaban J connectivity index is 2.47. The van der Waals surface area contributed by atoms with E-state index in [9.17, 15) is 5.11 Å². The van der Waals surface area contributed by atoms with Crippen LogP contribution in [-0.2, 0) is 19.4 Å². The van der Waals surface area contributed by atoms with Crippen LogP contribution in [0.25, 0.3) is 0 Å². The van der Waals surface area contributed by atoms with Crippen LogP contribution in [0.4, 0.5) is 0 Å². The number of hydrogen-bond acceptors (Lipinski definition) is 3. The lowest BCUT2D eigenvalue weighted by Crippen LogP contribution is -2.17. The summed E-state index contributed by atoms with van der Waals surface area (Å²) < 4.78 is 2.01. The maximum atomic E-state index is 10.1. The van der Waals surface area contributed by atoms with Gasteiger partial charge in [0.1, 0.15) is 0 Å². The van der Waals surface area contributed by atoms with Crippen LogP contribution in [0.15, 0.2) is 6.07 Å². The molecule has 0 aromatic carbocycles. The second-order valence-corrected chi connectivity index (χ2v) is 6.16. The highest BCUT2D eigenvalue weighted by Gasteiger charge is 2.11. The molecule has 0 radical (unpaired) electrons. The van der Waals surface area contributed by atoms with Crippen LogP contribution >= 0.6 is 11.8 Å². The summed E-state index contributed by atoms with van der Waals surface area (Å²) in [4.78, 5) is 0. The molecule has 0 amide bonds. The first-order valence-electron chi connectivity index (χ1n) is 6.88. The highest BCUT2D eigenvalue weighted by atomic mass is 32.2. The van der Waals surface area contributed by atoms with Crippen LogP contribution < -0.4 is 0 Å². The average molecular weight is 270 g/mol. The summed E-state index contributed by atoms with van der Waals surface area (Å²) in [6.45, 7) is 9.50. The topological polar surface area (TPSA) is 38.0 Å². The molecule has 1 aromatic heterocycles. The number of hydrogen-bond donors (Lipinski definition) is 1. The minimum atomic E-state index is -0.263. The Bertz CT molecular complexity index is 350. The SMILES string of the molecule is CCc1cc(CC(O)CSCC(C)C)n(CC)n1. The van der Waals surface area contributed by atoms with Gasteiger partial charge in [0, 0.05) is 24.4 Å². The molecule has 1 aromatic rings. The van der Waals surface area contributed by atoms with Crippen LogP contribution in [0.1, 0.15) is 39.1 Å². The van der Waals surface area contributed by atoms with E-state index in [2.05, 4.69) is 38.9 Å². The van der Waals surface area contributed by atoms with Gasteiger partial charge in [0.15, 0.2) is 0 Å². The molecule has 104 valence electrons. The van der Waals surface area contributed by atoms with Crippen molar-refractivity contribution in [2.24, 2.45) is 5.92 Å². The molecule has 0 aliphatic heterocycles. The molecule has 0 fully saturated rings. The van der Waals surface area contributed by atoms with Crippen molar-refractivity contribution in [3.63, 3.8) is 0 Å². The first-order valence-corrected chi connectivity index (χ1v) is 8.03. The molecule has 1 atom stereocenters. The highest BCUT2D eigenvalue weighted by Crippen LogP contribution is 2.13. The molecule has 1 rings (SSSR count). The molecule has 1 unspecified atom stereocenters. The molecule has 4 heteroatoms. The fourth-order valence-corrected chi connectivity index (χ4v) is 2.86. The predicted octanol–water partition coefficient (Wildman–Crippen LogP) is 2.76. The van der Waals surface area contributed by atoms with E-state index in [0.29, 0.717) is 12.3 Å². The van der Waals surface area contributed by atoms with E-state index in [4.69, 9.17) is 0 Å². The van der Waals surface area contributed by atoms with Crippen LogP contribution in [-0.4, -0.2) is 32.5 Å². The van der Waals surface area contributed by atoms with E-state index in [0.717, 1.165) is 35.9 Å². The van der Waals surface area contributed by atoms with Gasteiger partial charge in [-0.25, -0.2) is 0 Å². The number of rotatable bonds is 8. The van der Waals surface area contributed by atoms with Crippen molar-refractivity contribution >= 4 is 11.8 Å². The zero-order chi connectivity index (χ0) is 13.5. The van der Waals surface area contributed by atoms with E-state index in [1.807, 2.05) is 16.4 Å². The Morgan fingerprint density at radius 1 is 1.33 bits per heavy atom. The highest BCUT2D eigenvalue weighted by molar-refractivity contribution is 7.99. The predicted molar refractivity (Wildman–Crippen MR) is 79.2 cm³/mol. The second-order valence-electron chi connectivity index (χ2n) is 5.09. The first kappa shape index (κ1) is 15.6. The molecule has 0 aliphatic rings. The van der Waals surface area contributed by atoms with E-state index in [-0.39, 0.29) is 6.10 Å². The lowest BCUT2D eigenvalue weighted by molar-refractivity contribution is 0.197. The first-order chi connectivity index (χ1) is 8.56. The van der Waals surface area contributed by atoms with Crippen LogP contribution in [0.5, 0.6) is 0 Å². The Hall–Kier alpha value is -0.480. The van der Waals surface area contributed by atoms with Gasteiger partial charge in [0.25, 0.3) is 0 Å². The molecule has 1 heterocycles. The summed E-state index contributed by atoms with van der Waals surface area (Å²) in [6, 6.07) is 2.12. The van der Waals surface area contributed by atoms with Crippen molar-refractivity contribution in [2.75, 3.05) is 11.5 Å². The number of aliphatic hydroxyl groups excluding tert-OH is 1. The van der Waals surface area contributed by atoms with Crippen molar-refractivity contribution in [1.29, 1.82) is 0 Å².